The van der Waals surface area contributed by atoms with Crippen molar-refractivity contribution in [2.75, 3.05) is 0 Å². The summed E-state index contributed by atoms with van der Waals surface area (Å²) in [5.74, 6) is 0.634. The minimum atomic E-state index is 0.634. The number of aromatic nitrogens is 5. The van der Waals surface area contributed by atoms with E-state index in [4.69, 9.17) is 0 Å². The van der Waals surface area contributed by atoms with Gasteiger partial charge in [-0.05, 0) is 41.6 Å². The summed E-state index contributed by atoms with van der Waals surface area (Å²) >= 11 is 0. The van der Waals surface area contributed by atoms with E-state index in [0.29, 0.717) is 5.82 Å². The minimum Gasteiger partial charge on any atom is -0.244 e. The van der Waals surface area contributed by atoms with Gasteiger partial charge < -0.3 is 0 Å². The predicted molar refractivity (Wildman–Crippen MR) is 84.6 cm³/mol. The number of nitrogens with zero attached hydrogens (tertiary/aromatic N) is 5. The van der Waals surface area contributed by atoms with E-state index in [1.807, 2.05) is 60.7 Å². The molecule has 2 aromatic carbocycles. The van der Waals surface area contributed by atoms with E-state index in [1.54, 1.807) is 4.68 Å². The fourth-order valence-electron chi connectivity index (χ4n) is 2.40. The normalized spacial score (nSPS) is 11.0. The van der Waals surface area contributed by atoms with Crippen LogP contribution < -0.4 is 0 Å². The molecule has 2 heterocycles. The van der Waals surface area contributed by atoms with Crippen molar-refractivity contribution < 1.29 is 0 Å². The number of tetrazole rings is 1. The van der Waals surface area contributed by atoms with Gasteiger partial charge in [-0.3, -0.25) is 0 Å². The van der Waals surface area contributed by atoms with Gasteiger partial charge >= 0.3 is 0 Å². The highest BCUT2D eigenvalue weighted by Crippen LogP contribution is 2.21. The van der Waals surface area contributed by atoms with E-state index in [1.165, 1.54) is 5.56 Å². The van der Waals surface area contributed by atoms with Gasteiger partial charge in [0.25, 0.3) is 0 Å². The Labute approximate surface area is 127 Å². The van der Waals surface area contributed by atoms with Crippen molar-refractivity contribution in [3.8, 4) is 17.2 Å². The topological polar surface area (TPSA) is 56.5 Å². The molecule has 106 valence electrons. The molecule has 0 atom stereocenters. The quantitative estimate of drug-likeness (QED) is 0.568. The van der Waals surface area contributed by atoms with Gasteiger partial charge in [0.05, 0.1) is 11.2 Å². The van der Waals surface area contributed by atoms with E-state index in [9.17, 15) is 0 Å². The number of hydrogen-bond donors (Lipinski definition) is 0. The zero-order valence-corrected chi connectivity index (χ0v) is 12.0. The van der Waals surface area contributed by atoms with Crippen LogP contribution in [0.3, 0.4) is 0 Å². The summed E-state index contributed by atoms with van der Waals surface area (Å²) in [6.45, 7) is 2.05. The Bertz CT molecular complexity index is 941. The molecule has 5 nitrogen and oxygen atoms in total. The lowest BCUT2D eigenvalue weighted by Gasteiger charge is -2.05. The SMILES string of the molecule is Cc1ccc(-n2nnnc2-c2ccc3ccccc3n2)cc1. The second-order valence-corrected chi connectivity index (χ2v) is 5.14. The summed E-state index contributed by atoms with van der Waals surface area (Å²) < 4.78 is 1.70. The average molecular weight is 287 g/mol. The molecule has 0 fully saturated rings. The van der Waals surface area contributed by atoms with Gasteiger partial charge in [0.1, 0.15) is 5.69 Å². The molecule has 4 rings (SSSR count). The largest absolute Gasteiger partial charge is 0.244 e. The van der Waals surface area contributed by atoms with E-state index in [2.05, 4.69) is 27.4 Å². The highest BCUT2D eigenvalue weighted by Gasteiger charge is 2.12. The minimum absolute atomic E-state index is 0.634. The Balaban J connectivity index is 1.85. The summed E-state index contributed by atoms with van der Waals surface area (Å²) in [4.78, 5) is 4.66. The molecule has 0 saturated heterocycles. The average Bonchev–Trinajstić information content (AvgIpc) is 3.05. The Hall–Kier alpha value is -3.08. The highest BCUT2D eigenvalue weighted by molar-refractivity contribution is 5.80. The van der Waals surface area contributed by atoms with Gasteiger partial charge in [-0.1, -0.05) is 42.0 Å². The molecule has 5 heteroatoms. The maximum atomic E-state index is 4.66. The maximum Gasteiger partial charge on any atom is 0.205 e. The van der Waals surface area contributed by atoms with Crippen molar-refractivity contribution in [1.82, 2.24) is 25.2 Å². The second kappa shape index (κ2) is 5.04. The molecule has 4 aromatic rings. The van der Waals surface area contributed by atoms with Crippen LogP contribution in [0.1, 0.15) is 5.56 Å². The Morgan fingerprint density at radius 2 is 1.68 bits per heavy atom. The monoisotopic (exact) mass is 287 g/mol. The van der Waals surface area contributed by atoms with Gasteiger partial charge in [-0.25, -0.2) is 4.98 Å². The molecule has 0 aliphatic heterocycles. The summed E-state index contributed by atoms with van der Waals surface area (Å²) in [6.07, 6.45) is 0. The molecule has 22 heavy (non-hydrogen) atoms. The lowest BCUT2D eigenvalue weighted by Crippen LogP contribution is -2.01. The third-order valence-corrected chi connectivity index (χ3v) is 3.58. The third kappa shape index (κ3) is 2.13. The van der Waals surface area contributed by atoms with Crippen molar-refractivity contribution in [3.05, 3.63) is 66.2 Å². The zero-order chi connectivity index (χ0) is 14.9. The molecule has 0 spiro atoms. The summed E-state index contributed by atoms with van der Waals surface area (Å²) in [7, 11) is 0. The molecule has 0 amide bonds. The Kier molecular flexibility index (Phi) is 2.89. The summed E-state index contributed by atoms with van der Waals surface area (Å²) in [6, 6.07) is 20.0. The molecule has 0 N–H and O–H groups in total. The first-order valence-electron chi connectivity index (χ1n) is 7.03. The molecule has 0 bridgehead atoms. The fourth-order valence-corrected chi connectivity index (χ4v) is 2.40. The molecule has 2 aromatic heterocycles. The molecule has 0 unspecified atom stereocenters. The summed E-state index contributed by atoms with van der Waals surface area (Å²) in [5.41, 5.74) is 3.80. The smallest absolute Gasteiger partial charge is 0.205 e. The van der Waals surface area contributed by atoms with Gasteiger partial charge in [0.15, 0.2) is 0 Å². The Morgan fingerprint density at radius 3 is 2.55 bits per heavy atom. The fraction of sp³-hybridized carbons (Fsp3) is 0.0588. The number of benzene rings is 2. The molecule has 0 aliphatic rings. The molecule has 0 saturated carbocycles. The third-order valence-electron chi connectivity index (χ3n) is 3.58. The molecule has 0 aliphatic carbocycles. The summed E-state index contributed by atoms with van der Waals surface area (Å²) in [5, 5.41) is 13.1. The number of pyridine rings is 1. The first-order valence-corrected chi connectivity index (χ1v) is 7.03. The van der Waals surface area contributed by atoms with Crippen LogP contribution in [0, 0.1) is 6.92 Å². The maximum absolute atomic E-state index is 4.66. The van der Waals surface area contributed by atoms with Gasteiger partial charge in [-0.15, -0.1) is 5.10 Å². The van der Waals surface area contributed by atoms with Crippen molar-refractivity contribution in [3.63, 3.8) is 0 Å². The molecule has 0 radical (unpaired) electrons. The van der Waals surface area contributed by atoms with Crippen molar-refractivity contribution in [2.24, 2.45) is 0 Å². The number of aryl methyl sites for hydroxylation is 1. The van der Waals surface area contributed by atoms with Crippen LogP contribution >= 0.6 is 0 Å². The highest BCUT2D eigenvalue weighted by atomic mass is 15.5. The van der Waals surface area contributed by atoms with Crippen molar-refractivity contribution >= 4 is 10.9 Å². The van der Waals surface area contributed by atoms with Crippen LogP contribution in [0.15, 0.2) is 60.7 Å². The Morgan fingerprint density at radius 1 is 0.864 bits per heavy atom. The van der Waals surface area contributed by atoms with E-state index >= 15 is 0 Å². The lowest BCUT2D eigenvalue weighted by molar-refractivity contribution is 0.790. The first-order chi connectivity index (χ1) is 10.8. The lowest BCUT2D eigenvalue weighted by atomic mass is 10.2. The predicted octanol–water partition coefficient (Wildman–Crippen LogP) is 3.19. The number of rotatable bonds is 2. The number of fused-ring (bicyclic) bond motifs is 1. The van der Waals surface area contributed by atoms with Crippen LogP contribution in [0.5, 0.6) is 0 Å². The van der Waals surface area contributed by atoms with Gasteiger partial charge in [0.2, 0.25) is 5.82 Å². The second-order valence-electron chi connectivity index (χ2n) is 5.14. The van der Waals surface area contributed by atoms with Gasteiger partial charge in [0, 0.05) is 5.39 Å². The number of hydrogen-bond acceptors (Lipinski definition) is 4. The van der Waals surface area contributed by atoms with Crippen molar-refractivity contribution in [2.45, 2.75) is 6.92 Å². The first kappa shape index (κ1) is 12.6. The zero-order valence-electron chi connectivity index (χ0n) is 12.0. The number of para-hydroxylation sites is 1. The van der Waals surface area contributed by atoms with E-state index < -0.39 is 0 Å². The molecular formula is C17H13N5. The standard InChI is InChI=1S/C17H13N5/c1-12-6-9-14(10-7-12)22-17(19-20-21-22)16-11-8-13-4-2-3-5-15(13)18-16/h2-11H,1H3. The van der Waals surface area contributed by atoms with Crippen LogP contribution in [-0.2, 0) is 0 Å². The van der Waals surface area contributed by atoms with E-state index in [0.717, 1.165) is 22.3 Å². The van der Waals surface area contributed by atoms with E-state index in [-0.39, 0.29) is 0 Å². The van der Waals surface area contributed by atoms with Crippen LogP contribution in [0.2, 0.25) is 0 Å². The van der Waals surface area contributed by atoms with Crippen LogP contribution in [-0.4, -0.2) is 25.2 Å². The van der Waals surface area contributed by atoms with Gasteiger partial charge in [-0.2, -0.15) is 4.68 Å². The molecular weight excluding hydrogens is 274 g/mol. The van der Waals surface area contributed by atoms with Crippen molar-refractivity contribution in [1.29, 1.82) is 0 Å². The van der Waals surface area contributed by atoms with Crippen LogP contribution in [0.4, 0.5) is 0 Å². The van der Waals surface area contributed by atoms with Crippen LogP contribution in [0.25, 0.3) is 28.1 Å².